The van der Waals surface area contributed by atoms with Crippen LogP contribution in [0.25, 0.3) is 10.8 Å². The zero-order valence-electron chi connectivity index (χ0n) is 13.1. The van der Waals surface area contributed by atoms with Crippen LogP contribution in [0.5, 0.6) is 0 Å². The Hall–Kier alpha value is 0.519. The van der Waals surface area contributed by atoms with Crippen LogP contribution in [0.15, 0.2) is 36.4 Å². The van der Waals surface area contributed by atoms with Crippen molar-refractivity contribution in [2.45, 2.75) is 39.9 Å². The van der Waals surface area contributed by atoms with Gasteiger partial charge in [-0.05, 0) is 0 Å². The summed E-state index contributed by atoms with van der Waals surface area (Å²) in [4.78, 5) is 0. The molecule has 2 atom stereocenters. The Morgan fingerprint density at radius 2 is 1.18 bits per heavy atom. The fourth-order valence-electron chi connectivity index (χ4n) is 2.87. The van der Waals surface area contributed by atoms with E-state index in [1.165, 1.54) is 21.4 Å². The normalized spacial score (nSPS) is 27.3. The molecule has 2 aromatic carbocycles. The first-order valence-electron chi connectivity index (χ1n) is 7.40. The molecule has 0 amide bonds. The van der Waals surface area contributed by atoms with Gasteiger partial charge in [0.1, 0.15) is 0 Å². The molecule has 0 aromatic heterocycles. The Morgan fingerprint density at radius 3 is 1.55 bits per heavy atom. The van der Waals surface area contributed by atoms with E-state index in [4.69, 9.17) is 9.05 Å². The maximum atomic E-state index is 6.54. The van der Waals surface area contributed by atoms with Crippen LogP contribution in [0, 0.1) is 0 Å². The maximum absolute atomic E-state index is 6.54. The van der Waals surface area contributed by atoms with E-state index in [2.05, 4.69) is 95.2 Å². The molecule has 118 valence electrons. The molecular weight excluding hydrogens is 444 g/mol. The third-order valence-electron chi connectivity index (χ3n) is 3.52. The molecular formula is C16H20O2P2Se2. The van der Waals surface area contributed by atoms with Crippen LogP contribution >= 0.6 is 11.7 Å². The summed E-state index contributed by atoms with van der Waals surface area (Å²) in [6, 6.07) is 13.0. The first-order valence-corrected chi connectivity index (χ1v) is 15.9. The molecule has 0 saturated heterocycles. The predicted octanol–water partition coefficient (Wildman–Crippen LogP) is 3.90. The Balaban J connectivity index is 2.31. The summed E-state index contributed by atoms with van der Waals surface area (Å²) in [5.74, 6) is -4.00. The van der Waals surface area contributed by atoms with Gasteiger partial charge in [-0.15, -0.1) is 0 Å². The van der Waals surface area contributed by atoms with Crippen molar-refractivity contribution in [2.75, 3.05) is 0 Å². The minimum absolute atomic E-state index is 0.155. The Labute approximate surface area is 149 Å². The van der Waals surface area contributed by atoms with Crippen molar-refractivity contribution in [1.82, 2.24) is 0 Å². The summed E-state index contributed by atoms with van der Waals surface area (Å²) < 4.78 is 13.1. The molecule has 0 bridgehead atoms. The summed E-state index contributed by atoms with van der Waals surface area (Å²) >= 11 is 6.94. The quantitative estimate of drug-likeness (QED) is 0.505. The van der Waals surface area contributed by atoms with Gasteiger partial charge in [0.15, 0.2) is 0 Å². The SMILES string of the molecule is CC(C)O[P+]1([Se-])c2cccc3cccc(c23)[P+]1([Se-])OC(C)C. The van der Waals surface area contributed by atoms with Gasteiger partial charge >= 0.3 is 150 Å². The summed E-state index contributed by atoms with van der Waals surface area (Å²) in [6.45, 7) is 8.40. The van der Waals surface area contributed by atoms with Crippen molar-refractivity contribution in [3.8, 4) is 0 Å². The zero-order chi connectivity index (χ0) is 16.1. The average Bonchev–Trinajstić information content (AvgIpc) is 2.60. The van der Waals surface area contributed by atoms with Gasteiger partial charge in [-0.25, -0.2) is 0 Å². The number of hydrogen-bond donors (Lipinski definition) is 0. The second-order valence-electron chi connectivity index (χ2n) is 6.00. The third-order valence-corrected chi connectivity index (χ3v) is 28.5. The molecule has 6 heteroatoms. The minimum atomic E-state index is -2.00. The van der Waals surface area contributed by atoms with Crippen LogP contribution in [0.3, 0.4) is 0 Å². The average molecular weight is 464 g/mol. The van der Waals surface area contributed by atoms with Crippen molar-refractivity contribution in [2.24, 2.45) is 0 Å². The number of hydrogen-bond acceptors (Lipinski definition) is 2. The fourth-order valence-corrected chi connectivity index (χ4v) is 20.2. The Kier molecular flexibility index (Phi) is 4.81. The van der Waals surface area contributed by atoms with Crippen molar-refractivity contribution in [3.05, 3.63) is 36.4 Å². The zero-order valence-corrected chi connectivity index (χ0v) is 18.4. The van der Waals surface area contributed by atoms with Crippen molar-refractivity contribution in [3.63, 3.8) is 0 Å². The molecule has 2 aromatic rings. The summed E-state index contributed by atoms with van der Waals surface area (Å²) in [6.07, 6.45) is 0.310. The topological polar surface area (TPSA) is 18.5 Å². The van der Waals surface area contributed by atoms with Gasteiger partial charge in [0.05, 0.1) is 0 Å². The molecule has 2 unspecified atom stereocenters. The number of benzene rings is 2. The first kappa shape index (κ1) is 17.3. The molecule has 1 heterocycles. The summed E-state index contributed by atoms with van der Waals surface area (Å²) in [5, 5.41) is 5.21. The second kappa shape index (κ2) is 6.11. The number of rotatable bonds is 4. The van der Waals surface area contributed by atoms with Crippen molar-refractivity contribution in [1.29, 1.82) is 0 Å². The van der Waals surface area contributed by atoms with Crippen LogP contribution in [-0.4, -0.2) is 43.3 Å². The van der Waals surface area contributed by atoms with Crippen molar-refractivity contribution < 1.29 is 9.05 Å². The first-order chi connectivity index (χ1) is 10.3. The molecule has 2 nitrogen and oxygen atoms in total. The monoisotopic (exact) mass is 466 g/mol. The second-order valence-corrected chi connectivity index (χ2v) is 23.0. The van der Waals surface area contributed by atoms with Crippen LogP contribution in [0.1, 0.15) is 27.7 Å². The van der Waals surface area contributed by atoms with Gasteiger partial charge in [0.2, 0.25) is 0 Å². The van der Waals surface area contributed by atoms with E-state index in [0.717, 1.165) is 0 Å². The molecule has 1 aliphatic heterocycles. The van der Waals surface area contributed by atoms with E-state index in [1.54, 1.807) is 0 Å². The van der Waals surface area contributed by atoms with E-state index in [9.17, 15) is 0 Å². The Morgan fingerprint density at radius 1 is 0.773 bits per heavy atom. The van der Waals surface area contributed by atoms with Gasteiger partial charge in [0.25, 0.3) is 0 Å². The van der Waals surface area contributed by atoms with Crippen LogP contribution in [-0.2, 0) is 9.05 Å². The molecule has 0 N–H and O–H groups in total. The molecule has 3 rings (SSSR count). The Bertz CT molecular complexity index is 666. The molecule has 0 fully saturated rings. The van der Waals surface area contributed by atoms with Gasteiger partial charge in [-0.2, -0.15) is 0 Å². The standard InChI is InChI=1S/C16H20O2P2Se2/c1-11(2)17-19(21)14-9-5-7-13-8-6-10-15(16(13)14)20(19,22)18-12(3)4/h5-12H,1-4H3. The van der Waals surface area contributed by atoms with E-state index < -0.39 is 11.7 Å². The molecule has 1 aliphatic rings. The van der Waals surface area contributed by atoms with Gasteiger partial charge in [-0.3, -0.25) is 0 Å². The van der Waals surface area contributed by atoms with Crippen molar-refractivity contribution >= 4 is 64.3 Å². The van der Waals surface area contributed by atoms with Crippen LogP contribution in [0.2, 0.25) is 0 Å². The van der Waals surface area contributed by atoms with Gasteiger partial charge in [0, 0.05) is 0 Å². The predicted molar refractivity (Wildman–Crippen MR) is 101 cm³/mol. The third kappa shape index (κ3) is 2.54. The molecule has 0 radical (unpaired) electrons. The van der Waals surface area contributed by atoms with E-state index >= 15 is 0 Å². The molecule has 0 aliphatic carbocycles. The molecule has 0 spiro atoms. The van der Waals surface area contributed by atoms with E-state index in [1.807, 2.05) is 0 Å². The molecule has 0 saturated carbocycles. The van der Waals surface area contributed by atoms with Crippen LogP contribution in [0.4, 0.5) is 0 Å². The van der Waals surface area contributed by atoms with Gasteiger partial charge < -0.3 is 0 Å². The van der Waals surface area contributed by atoms with E-state index in [0.29, 0.717) is 0 Å². The summed E-state index contributed by atoms with van der Waals surface area (Å²) in [7, 11) is 0. The van der Waals surface area contributed by atoms with Gasteiger partial charge in [-0.1, -0.05) is 0 Å². The van der Waals surface area contributed by atoms with Crippen LogP contribution < -0.4 is 10.6 Å². The summed E-state index contributed by atoms with van der Waals surface area (Å²) in [5.41, 5.74) is 0. The fraction of sp³-hybridized carbons (Fsp3) is 0.375. The van der Waals surface area contributed by atoms with E-state index in [-0.39, 0.29) is 12.2 Å². The molecule has 22 heavy (non-hydrogen) atoms.